The van der Waals surface area contributed by atoms with Crippen LogP contribution in [0.15, 0.2) is 71.6 Å². The highest BCUT2D eigenvalue weighted by Gasteiger charge is 2.19. The van der Waals surface area contributed by atoms with E-state index in [1.165, 1.54) is 18.2 Å². The van der Waals surface area contributed by atoms with Gasteiger partial charge in [-0.2, -0.15) is 0 Å². The molecule has 0 unspecified atom stereocenters. The van der Waals surface area contributed by atoms with Crippen LogP contribution in [0.2, 0.25) is 5.02 Å². The fraction of sp³-hybridized carbons (Fsp3) is 0.0909. The number of carbonyl (C=O) groups is 2. The third-order valence-corrected chi connectivity index (χ3v) is 6.05. The molecule has 0 fully saturated rings. The Hall–Kier alpha value is -3.56. The highest BCUT2D eigenvalue weighted by molar-refractivity contribution is 7.92. The van der Waals surface area contributed by atoms with E-state index in [2.05, 4.69) is 10.0 Å². The lowest BCUT2D eigenvalue weighted by molar-refractivity contribution is -0.119. The van der Waals surface area contributed by atoms with Crippen LogP contribution in [0.25, 0.3) is 0 Å². The first kappa shape index (κ1) is 23.1. The summed E-state index contributed by atoms with van der Waals surface area (Å²) in [5.74, 6) is -0.821. The number of primary amides is 1. The Morgan fingerprint density at radius 3 is 2.47 bits per heavy atom. The van der Waals surface area contributed by atoms with Crippen molar-refractivity contribution in [3.63, 3.8) is 0 Å². The van der Waals surface area contributed by atoms with Crippen molar-refractivity contribution in [1.82, 2.24) is 0 Å². The molecule has 8 nitrogen and oxygen atoms in total. The summed E-state index contributed by atoms with van der Waals surface area (Å²) in [6.45, 7) is 1.33. The van der Waals surface area contributed by atoms with Crippen LogP contribution < -0.4 is 20.5 Å². The van der Waals surface area contributed by atoms with Crippen molar-refractivity contribution in [1.29, 1.82) is 0 Å². The summed E-state index contributed by atoms with van der Waals surface area (Å²) in [5, 5.41) is 3.06. The van der Waals surface area contributed by atoms with Crippen molar-refractivity contribution in [2.24, 2.45) is 5.73 Å². The summed E-state index contributed by atoms with van der Waals surface area (Å²) in [7, 11) is -3.93. The van der Waals surface area contributed by atoms with Crippen LogP contribution in [0.4, 0.5) is 11.4 Å². The second-order valence-electron chi connectivity index (χ2n) is 6.83. The lowest BCUT2D eigenvalue weighted by atomic mass is 10.2. The van der Waals surface area contributed by atoms with Gasteiger partial charge in [-0.1, -0.05) is 29.8 Å². The molecule has 0 atom stereocenters. The second-order valence-corrected chi connectivity index (χ2v) is 8.92. The number of rotatable bonds is 8. The highest BCUT2D eigenvalue weighted by atomic mass is 35.5. The smallest absolute Gasteiger partial charge is 0.262 e. The molecule has 0 radical (unpaired) electrons. The number of amides is 2. The number of nitrogens with two attached hydrogens (primary N) is 1. The van der Waals surface area contributed by atoms with Crippen molar-refractivity contribution >= 4 is 44.8 Å². The van der Waals surface area contributed by atoms with Gasteiger partial charge in [-0.05, 0) is 61.0 Å². The van der Waals surface area contributed by atoms with E-state index in [9.17, 15) is 18.0 Å². The minimum Gasteiger partial charge on any atom is -0.484 e. The third-order valence-electron chi connectivity index (χ3n) is 4.29. The van der Waals surface area contributed by atoms with E-state index >= 15 is 0 Å². The molecule has 0 saturated heterocycles. The maximum Gasteiger partial charge on any atom is 0.262 e. The average molecular weight is 474 g/mol. The molecule has 2 amide bonds. The molecular formula is C22H20ClN3O5S. The van der Waals surface area contributed by atoms with Gasteiger partial charge in [-0.15, -0.1) is 0 Å². The van der Waals surface area contributed by atoms with Gasteiger partial charge in [0.15, 0.2) is 6.61 Å². The number of anilines is 2. The molecule has 0 aliphatic rings. The Kier molecular flexibility index (Phi) is 7.01. The lowest BCUT2D eigenvalue weighted by Crippen LogP contribution is -2.20. The number of hydrogen-bond acceptors (Lipinski definition) is 5. The van der Waals surface area contributed by atoms with Crippen molar-refractivity contribution in [2.45, 2.75) is 11.8 Å². The Morgan fingerprint density at radius 1 is 1.00 bits per heavy atom. The van der Waals surface area contributed by atoms with Crippen LogP contribution in [0.3, 0.4) is 0 Å². The second kappa shape index (κ2) is 9.71. The Balaban J connectivity index is 1.80. The summed E-state index contributed by atoms with van der Waals surface area (Å²) in [5.41, 5.74) is 6.42. The number of ether oxygens (including phenoxy) is 1. The molecule has 0 saturated carbocycles. The summed E-state index contributed by atoms with van der Waals surface area (Å²) in [6.07, 6.45) is 0. The summed E-state index contributed by atoms with van der Waals surface area (Å²) < 4.78 is 33.5. The maximum absolute atomic E-state index is 12.9. The van der Waals surface area contributed by atoms with Gasteiger partial charge in [0.05, 0.1) is 10.6 Å². The molecule has 0 aliphatic heterocycles. The molecule has 0 bridgehead atoms. The molecule has 10 heteroatoms. The molecule has 0 heterocycles. The Morgan fingerprint density at radius 2 is 1.75 bits per heavy atom. The molecule has 166 valence electrons. The van der Waals surface area contributed by atoms with E-state index in [-0.39, 0.29) is 22.8 Å². The molecule has 0 aliphatic carbocycles. The van der Waals surface area contributed by atoms with Crippen LogP contribution in [0.1, 0.15) is 15.9 Å². The normalized spacial score (nSPS) is 10.9. The van der Waals surface area contributed by atoms with Gasteiger partial charge in [0, 0.05) is 16.3 Å². The van der Waals surface area contributed by atoms with Crippen molar-refractivity contribution in [3.05, 3.63) is 82.9 Å². The van der Waals surface area contributed by atoms with Gasteiger partial charge in [-0.25, -0.2) is 8.42 Å². The monoisotopic (exact) mass is 473 g/mol. The van der Waals surface area contributed by atoms with Crippen LogP contribution in [0.5, 0.6) is 5.75 Å². The van der Waals surface area contributed by atoms with Gasteiger partial charge >= 0.3 is 0 Å². The predicted octanol–water partition coefficient (Wildman–Crippen LogP) is 3.57. The van der Waals surface area contributed by atoms with Crippen LogP contribution in [-0.2, 0) is 14.8 Å². The molecule has 3 rings (SSSR count). The van der Waals surface area contributed by atoms with Gasteiger partial charge in [0.2, 0.25) is 0 Å². The SMILES string of the molecule is Cc1ccc(NC(=O)c2cccc(OCC(N)=O)c2)cc1S(=O)(=O)Nc1cccc(Cl)c1. The number of benzene rings is 3. The first-order valence-corrected chi connectivity index (χ1v) is 11.2. The first-order chi connectivity index (χ1) is 15.1. The van der Waals surface area contributed by atoms with Crippen LogP contribution in [-0.4, -0.2) is 26.8 Å². The average Bonchev–Trinajstić information content (AvgIpc) is 2.73. The maximum atomic E-state index is 12.9. The van der Waals surface area contributed by atoms with Gasteiger partial charge in [0.1, 0.15) is 5.75 Å². The molecular weight excluding hydrogens is 454 g/mol. The molecule has 3 aromatic carbocycles. The van der Waals surface area contributed by atoms with Crippen LogP contribution >= 0.6 is 11.6 Å². The zero-order valence-electron chi connectivity index (χ0n) is 17.0. The van der Waals surface area contributed by atoms with Gasteiger partial charge in [-0.3, -0.25) is 14.3 Å². The Labute approximate surface area is 190 Å². The fourth-order valence-corrected chi connectivity index (χ4v) is 4.33. The number of sulfonamides is 1. The minimum absolute atomic E-state index is 0.00816. The number of aryl methyl sites for hydroxylation is 1. The third kappa shape index (κ3) is 5.99. The first-order valence-electron chi connectivity index (χ1n) is 9.35. The quantitative estimate of drug-likeness (QED) is 0.460. The highest BCUT2D eigenvalue weighted by Crippen LogP contribution is 2.25. The standard InChI is InChI=1S/C22H20ClN3O5S/c1-14-8-9-17(12-20(14)32(29,30)26-18-6-3-5-16(23)11-18)25-22(28)15-4-2-7-19(10-15)31-13-21(24)27/h2-12,26H,13H2,1H3,(H2,24,27)(H,25,28). The van der Waals surface area contributed by atoms with Crippen molar-refractivity contribution in [2.75, 3.05) is 16.6 Å². The van der Waals surface area contributed by atoms with Crippen molar-refractivity contribution in [3.8, 4) is 5.75 Å². The minimum atomic E-state index is -3.93. The number of halogens is 1. The topological polar surface area (TPSA) is 128 Å². The van der Waals surface area contributed by atoms with E-state index in [4.69, 9.17) is 22.1 Å². The lowest BCUT2D eigenvalue weighted by Gasteiger charge is -2.13. The molecule has 0 aromatic heterocycles. The van der Waals surface area contributed by atoms with Crippen LogP contribution in [0, 0.1) is 6.92 Å². The van der Waals surface area contributed by atoms with E-state index < -0.39 is 21.8 Å². The zero-order chi connectivity index (χ0) is 23.3. The molecule has 3 aromatic rings. The Bertz CT molecular complexity index is 1280. The predicted molar refractivity (Wildman–Crippen MR) is 123 cm³/mol. The molecule has 0 spiro atoms. The number of carbonyl (C=O) groups excluding carboxylic acids is 2. The van der Waals surface area contributed by atoms with Crippen molar-refractivity contribution < 1.29 is 22.7 Å². The summed E-state index contributed by atoms with van der Waals surface area (Å²) >= 11 is 5.92. The van der Waals surface area contributed by atoms with Gasteiger partial charge < -0.3 is 15.8 Å². The number of nitrogens with one attached hydrogen (secondary N) is 2. The van der Waals surface area contributed by atoms with E-state index in [0.29, 0.717) is 22.0 Å². The molecule has 4 N–H and O–H groups in total. The summed E-state index contributed by atoms with van der Waals surface area (Å²) in [6, 6.07) is 17.1. The molecule has 32 heavy (non-hydrogen) atoms. The fourth-order valence-electron chi connectivity index (χ4n) is 2.81. The van der Waals surface area contributed by atoms with E-state index in [1.54, 1.807) is 55.5 Å². The number of hydrogen-bond donors (Lipinski definition) is 3. The zero-order valence-corrected chi connectivity index (χ0v) is 18.5. The van der Waals surface area contributed by atoms with E-state index in [1.807, 2.05) is 0 Å². The van der Waals surface area contributed by atoms with Gasteiger partial charge in [0.25, 0.3) is 21.8 Å². The largest absolute Gasteiger partial charge is 0.484 e. The van der Waals surface area contributed by atoms with E-state index in [0.717, 1.165) is 0 Å². The summed E-state index contributed by atoms with van der Waals surface area (Å²) in [4.78, 5) is 23.5.